The highest BCUT2D eigenvalue weighted by Crippen LogP contribution is 2.29. The van der Waals surface area contributed by atoms with Gasteiger partial charge in [0.05, 0.1) is 25.0 Å². The Bertz CT molecular complexity index is 631. The minimum atomic E-state index is 0.240. The first-order valence-corrected chi connectivity index (χ1v) is 10.1. The van der Waals surface area contributed by atoms with Gasteiger partial charge in [0.1, 0.15) is 0 Å². The van der Waals surface area contributed by atoms with Crippen LogP contribution in [0.15, 0.2) is 23.3 Å². The molecule has 2 rings (SSSR count). The number of hydrogen-bond acceptors (Lipinski definition) is 5. The fourth-order valence-corrected chi connectivity index (χ4v) is 2.77. The lowest BCUT2D eigenvalue weighted by atomic mass is 10.1. The molecule has 1 aliphatic heterocycles. The van der Waals surface area contributed by atoms with E-state index in [2.05, 4.69) is 29.7 Å². The van der Waals surface area contributed by atoms with E-state index < -0.39 is 0 Å². The molecule has 2 N–H and O–H groups in total. The third-order valence-corrected chi connectivity index (χ3v) is 4.36. The third kappa shape index (κ3) is 7.34. The van der Waals surface area contributed by atoms with Gasteiger partial charge in [-0.15, -0.1) is 0 Å². The van der Waals surface area contributed by atoms with Crippen LogP contribution in [0, 0.1) is 0 Å². The van der Waals surface area contributed by atoms with Gasteiger partial charge < -0.3 is 19.5 Å². The van der Waals surface area contributed by atoms with E-state index in [0.717, 1.165) is 55.1 Å². The maximum absolute atomic E-state index is 5.84. The Morgan fingerprint density at radius 2 is 1.96 bits per heavy atom. The lowest BCUT2D eigenvalue weighted by molar-refractivity contribution is 0.114. The molecule has 1 heterocycles. The van der Waals surface area contributed by atoms with Crippen molar-refractivity contribution in [3.8, 4) is 11.5 Å². The zero-order valence-corrected chi connectivity index (χ0v) is 17.4. The Balaban J connectivity index is 1.95. The highest BCUT2D eigenvalue weighted by molar-refractivity contribution is 7.80. The number of rotatable bonds is 10. The van der Waals surface area contributed by atoms with E-state index in [1.54, 1.807) is 0 Å². The molecule has 1 aliphatic rings. The highest BCUT2D eigenvalue weighted by Gasteiger charge is 2.15. The van der Waals surface area contributed by atoms with Crippen LogP contribution in [0.25, 0.3) is 0 Å². The molecule has 0 aromatic heterocycles. The van der Waals surface area contributed by atoms with Crippen molar-refractivity contribution in [3.63, 3.8) is 0 Å². The van der Waals surface area contributed by atoms with Crippen molar-refractivity contribution in [2.24, 2.45) is 5.10 Å². The Morgan fingerprint density at radius 3 is 2.63 bits per heavy atom. The summed E-state index contributed by atoms with van der Waals surface area (Å²) in [6.07, 6.45) is 4.32. The molecule has 27 heavy (non-hydrogen) atoms. The third-order valence-electron chi connectivity index (χ3n) is 4.12. The average Bonchev–Trinajstić information content (AvgIpc) is 3.21. The minimum Gasteiger partial charge on any atom is -0.490 e. The van der Waals surface area contributed by atoms with Crippen LogP contribution < -0.4 is 20.2 Å². The van der Waals surface area contributed by atoms with Gasteiger partial charge in [-0.05, 0) is 63.0 Å². The Hall–Kier alpha value is -1.86. The summed E-state index contributed by atoms with van der Waals surface area (Å²) >= 11 is 5.28. The second-order valence-electron chi connectivity index (χ2n) is 6.51. The monoisotopic (exact) mass is 393 g/mol. The smallest absolute Gasteiger partial charge is 0.187 e. The van der Waals surface area contributed by atoms with Crippen LogP contribution in [0.3, 0.4) is 0 Å². The Labute approximate surface area is 167 Å². The van der Waals surface area contributed by atoms with E-state index in [1.165, 1.54) is 0 Å². The summed E-state index contributed by atoms with van der Waals surface area (Å²) in [5, 5.41) is 8.02. The number of thiocarbonyl (C=S) groups is 1. The predicted octanol–water partition coefficient (Wildman–Crippen LogP) is 3.63. The van der Waals surface area contributed by atoms with Crippen LogP contribution in [0.1, 0.15) is 52.0 Å². The zero-order chi connectivity index (χ0) is 19.5. The summed E-state index contributed by atoms with van der Waals surface area (Å²) < 4.78 is 17.2. The molecule has 0 aliphatic carbocycles. The molecular formula is C20H31N3O3S. The van der Waals surface area contributed by atoms with E-state index in [4.69, 9.17) is 26.4 Å². The first-order valence-electron chi connectivity index (χ1n) is 9.73. The average molecular weight is 394 g/mol. The van der Waals surface area contributed by atoms with Gasteiger partial charge in [-0.2, -0.15) is 5.10 Å². The van der Waals surface area contributed by atoms with E-state index in [-0.39, 0.29) is 6.10 Å². The van der Waals surface area contributed by atoms with Crippen molar-refractivity contribution in [1.82, 2.24) is 10.7 Å². The number of hydrazone groups is 1. The molecule has 1 aromatic rings. The van der Waals surface area contributed by atoms with Crippen molar-refractivity contribution in [2.75, 3.05) is 26.4 Å². The maximum atomic E-state index is 5.84. The first kappa shape index (κ1) is 21.4. The number of hydrogen-bond donors (Lipinski definition) is 2. The fourth-order valence-electron chi connectivity index (χ4n) is 2.64. The Morgan fingerprint density at radius 1 is 1.22 bits per heavy atom. The van der Waals surface area contributed by atoms with Gasteiger partial charge in [0.25, 0.3) is 0 Å². The molecule has 1 atom stereocenters. The summed E-state index contributed by atoms with van der Waals surface area (Å²) in [7, 11) is 0. The van der Waals surface area contributed by atoms with Gasteiger partial charge in [-0.25, -0.2) is 0 Å². The normalized spacial score (nSPS) is 16.9. The van der Waals surface area contributed by atoms with Crippen LogP contribution in [-0.4, -0.2) is 43.3 Å². The molecule has 150 valence electrons. The second kappa shape index (κ2) is 11.8. The van der Waals surface area contributed by atoms with E-state index in [0.29, 0.717) is 24.9 Å². The number of ether oxygens (including phenoxy) is 3. The largest absolute Gasteiger partial charge is 0.490 e. The molecule has 0 spiro atoms. The zero-order valence-electron chi connectivity index (χ0n) is 16.5. The van der Waals surface area contributed by atoms with Gasteiger partial charge in [0.15, 0.2) is 16.6 Å². The summed E-state index contributed by atoms with van der Waals surface area (Å²) in [5.41, 5.74) is 4.67. The molecule has 1 saturated heterocycles. The number of nitrogens with one attached hydrogen (secondary N) is 2. The van der Waals surface area contributed by atoms with E-state index in [1.807, 2.05) is 25.1 Å². The molecule has 0 radical (unpaired) electrons. The van der Waals surface area contributed by atoms with Crippen molar-refractivity contribution < 1.29 is 14.2 Å². The lowest BCUT2D eigenvalue weighted by Gasteiger charge is -2.14. The maximum Gasteiger partial charge on any atom is 0.187 e. The SMILES string of the molecule is CCCOc1ccc(/C(C)=N/NC(=S)NCC2CCCO2)cc1OCCC. The van der Waals surface area contributed by atoms with Crippen LogP contribution in [0.4, 0.5) is 0 Å². The number of nitrogens with zero attached hydrogens (tertiary/aromatic N) is 1. The van der Waals surface area contributed by atoms with Crippen molar-refractivity contribution in [3.05, 3.63) is 23.8 Å². The lowest BCUT2D eigenvalue weighted by Crippen LogP contribution is -2.37. The summed E-state index contributed by atoms with van der Waals surface area (Å²) in [4.78, 5) is 0. The molecule has 1 fully saturated rings. The van der Waals surface area contributed by atoms with E-state index in [9.17, 15) is 0 Å². The first-order chi connectivity index (χ1) is 13.1. The summed E-state index contributed by atoms with van der Waals surface area (Å²) in [6, 6.07) is 5.88. The number of benzene rings is 1. The molecule has 6 nitrogen and oxygen atoms in total. The highest BCUT2D eigenvalue weighted by atomic mass is 32.1. The van der Waals surface area contributed by atoms with Gasteiger partial charge in [-0.1, -0.05) is 13.8 Å². The minimum absolute atomic E-state index is 0.240. The molecule has 1 unspecified atom stereocenters. The quantitative estimate of drug-likeness (QED) is 0.360. The Kier molecular flexibility index (Phi) is 9.35. The van der Waals surface area contributed by atoms with Crippen molar-refractivity contribution in [2.45, 2.75) is 52.6 Å². The molecule has 0 bridgehead atoms. The molecule has 1 aromatic carbocycles. The van der Waals surface area contributed by atoms with Crippen LogP contribution in [0.5, 0.6) is 11.5 Å². The molecular weight excluding hydrogens is 362 g/mol. The van der Waals surface area contributed by atoms with Gasteiger partial charge >= 0.3 is 0 Å². The van der Waals surface area contributed by atoms with Crippen LogP contribution in [0.2, 0.25) is 0 Å². The van der Waals surface area contributed by atoms with Gasteiger partial charge in [0.2, 0.25) is 0 Å². The molecule has 0 amide bonds. The standard InChI is InChI=1S/C20H31N3O3S/c1-4-10-25-18-9-8-16(13-19(18)26-11-5-2)15(3)22-23-20(27)21-14-17-7-6-12-24-17/h8-9,13,17H,4-7,10-12,14H2,1-3H3,(H2,21,23,27)/b22-15+. The fraction of sp³-hybridized carbons (Fsp3) is 0.600. The van der Waals surface area contributed by atoms with E-state index >= 15 is 0 Å². The summed E-state index contributed by atoms with van der Waals surface area (Å²) in [6.45, 7) is 8.96. The molecule has 7 heteroatoms. The van der Waals surface area contributed by atoms with Crippen molar-refractivity contribution in [1.29, 1.82) is 0 Å². The van der Waals surface area contributed by atoms with Gasteiger partial charge in [-0.3, -0.25) is 5.43 Å². The van der Waals surface area contributed by atoms with Gasteiger partial charge in [0, 0.05) is 18.7 Å². The molecule has 0 saturated carbocycles. The van der Waals surface area contributed by atoms with Crippen LogP contribution in [-0.2, 0) is 4.74 Å². The van der Waals surface area contributed by atoms with Crippen LogP contribution >= 0.6 is 12.2 Å². The second-order valence-corrected chi connectivity index (χ2v) is 6.92. The predicted molar refractivity (Wildman–Crippen MR) is 113 cm³/mol. The summed E-state index contributed by atoms with van der Waals surface area (Å²) in [5.74, 6) is 1.51. The van der Waals surface area contributed by atoms with Crippen molar-refractivity contribution >= 4 is 23.0 Å². The topological polar surface area (TPSA) is 64.1 Å².